The van der Waals surface area contributed by atoms with Crippen molar-refractivity contribution >= 4 is 23.0 Å². The van der Waals surface area contributed by atoms with Crippen LogP contribution in [0.3, 0.4) is 0 Å². The van der Waals surface area contributed by atoms with Crippen LogP contribution in [0.2, 0.25) is 0 Å². The minimum Gasteiger partial charge on any atom is -0.491 e. The van der Waals surface area contributed by atoms with E-state index in [4.69, 9.17) is 15.2 Å². The van der Waals surface area contributed by atoms with Crippen molar-refractivity contribution in [3.63, 3.8) is 0 Å². The summed E-state index contributed by atoms with van der Waals surface area (Å²) in [6.07, 6.45) is 0.0544. The molecule has 0 aromatic heterocycles. The second-order valence-corrected chi connectivity index (χ2v) is 6.97. The number of nitrogens with two attached hydrogens (primary N) is 1. The Hall–Kier alpha value is -2.73. The highest BCUT2D eigenvalue weighted by atomic mass is 16.5. The summed E-state index contributed by atoms with van der Waals surface area (Å²) in [4.78, 5) is 14.9. The molecule has 0 saturated carbocycles. The second kappa shape index (κ2) is 8.31. The lowest BCUT2D eigenvalue weighted by molar-refractivity contribution is 0.102. The van der Waals surface area contributed by atoms with Crippen LogP contribution in [-0.2, 0) is 4.74 Å². The fourth-order valence-corrected chi connectivity index (χ4v) is 3.11. The van der Waals surface area contributed by atoms with Gasteiger partial charge in [-0.15, -0.1) is 0 Å². The minimum absolute atomic E-state index is 0.0544. The minimum atomic E-state index is -0.176. The molecule has 6 nitrogen and oxygen atoms in total. The molecule has 2 aromatic carbocycles. The molecular formula is C21H27N3O3. The molecule has 0 aliphatic carbocycles. The Balaban J connectivity index is 1.81. The van der Waals surface area contributed by atoms with Gasteiger partial charge in [-0.25, -0.2) is 0 Å². The fourth-order valence-electron chi connectivity index (χ4n) is 3.11. The summed E-state index contributed by atoms with van der Waals surface area (Å²) in [6.45, 7) is 8.78. The van der Waals surface area contributed by atoms with Crippen molar-refractivity contribution in [2.45, 2.75) is 26.9 Å². The van der Waals surface area contributed by atoms with Crippen molar-refractivity contribution in [1.82, 2.24) is 0 Å². The smallest absolute Gasteiger partial charge is 0.255 e. The molecule has 144 valence electrons. The third-order valence-corrected chi connectivity index (χ3v) is 4.44. The van der Waals surface area contributed by atoms with Crippen LogP contribution in [0.1, 0.15) is 29.8 Å². The number of amides is 1. The zero-order valence-corrected chi connectivity index (χ0v) is 16.1. The summed E-state index contributed by atoms with van der Waals surface area (Å²) in [7, 11) is 0. The van der Waals surface area contributed by atoms with Gasteiger partial charge in [0.15, 0.2) is 0 Å². The molecule has 1 saturated heterocycles. The van der Waals surface area contributed by atoms with Crippen LogP contribution in [0.5, 0.6) is 5.75 Å². The van der Waals surface area contributed by atoms with E-state index in [0.29, 0.717) is 30.2 Å². The van der Waals surface area contributed by atoms with E-state index >= 15 is 0 Å². The highest BCUT2D eigenvalue weighted by Crippen LogP contribution is 2.31. The number of morpholine rings is 1. The molecule has 2 aromatic rings. The maximum absolute atomic E-state index is 12.7. The first-order valence-electron chi connectivity index (χ1n) is 9.25. The Morgan fingerprint density at radius 1 is 1.22 bits per heavy atom. The summed E-state index contributed by atoms with van der Waals surface area (Å²) in [5.41, 5.74) is 10.1. The van der Waals surface area contributed by atoms with Gasteiger partial charge in [-0.1, -0.05) is 6.07 Å². The summed E-state index contributed by atoms with van der Waals surface area (Å²) in [5, 5.41) is 3.01. The third-order valence-electron chi connectivity index (χ3n) is 4.44. The standard InChI is InChI=1S/C21H27N3O3/c1-14(2)27-17-6-4-5-16(12-17)21(25)23-19-13-20(18(22)11-15(19)3)24-7-9-26-10-8-24/h4-6,11-14H,7-10,22H2,1-3H3,(H,23,25). The van der Waals surface area contributed by atoms with E-state index < -0.39 is 0 Å². The Bertz CT molecular complexity index is 814. The van der Waals surface area contributed by atoms with Crippen molar-refractivity contribution < 1.29 is 14.3 Å². The first-order chi connectivity index (χ1) is 12.9. The van der Waals surface area contributed by atoms with Crippen LogP contribution < -0.4 is 20.7 Å². The highest BCUT2D eigenvalue weighted by molar-refractivity contribution is 6.05. The molecule has 3 N–H and O–H groups in total. The number of nitrogens with one attached hydrogen (secondary N) is 1. The lowest BCUT2D eigenvalue weighted by Gasteiger charge is -2.30. The molecule has 3 rings (SSSR count). The number of rotatable bonds is 5. The monoisotopic (exact) mass is 369 g/mol. The van der Waals surface area contributed by atoms with Gasteiger partial charge in [-0.2, -0.15) is 0 Å². The van der Waals surface area contributed by atoms with E-state index in [1.165, 1.54) is 0 Å². The zero-order chi connectivity index (χ0) is 19.4. The number of nitrogen functional groups attached to an aromatic ring is 1. The number of aryl methyl sites for hydroxylation is 1. The Kier molecular flexibility index (Phi) is 5.86. The summed E-state index contributed by atoms with van der Waals surface area (Å²) >= 11 is 0. The van der Waals surface area contributed by atoms with E-state index in [2.05, 4.69) is 10.2 Å². The van der Waals surface area contributed by atoms with E-state index in [-0.39, 0.29) is 12.0 Å². The maximum atomic E-state index is 12.7. The van der Waals surface area contributed by atoms with Crippen molar-refractivity contribution in [2.24, 2.45) is 0 Å². The van der Waals surface area contributed by atoms with E-state index in [0.717, 1.165) is 30.0 Å². The average Bonchev–Trinajstić information content (AvgIpc) is 2.64. The first kappa shape index (κ1) is 19.0. The van der Waals surface area contributed by atoms with E-state index in [9.17, 15) is 4.79 Å². The van der Waals surface area contributed by atoms with Gasteiger partial charge >= 0.3 is 0 Å². The number of hydrogen-bond acceptors (Lipinski definition) is 5. The van der Waals surface area contributed by atoms with Gasteiger partial charge in [0.05, 0.1) is 30.7 Å². The van der Waals surface area contributed by atoms with Gasteiger partial charge < -0.3 is 25.4 Å². The Morgan fingerprint density at radius 2 is 1.96 bits per heavy atom. The molecule has 1 aliphatic heterocycles. The number of nitrogens with zero attached hydrogens (tertiary/aromatic N) is 1. The molecule has 27 heavy (non-hydrogen) atoms. The van der Waals surface area contributed by atoms with Crippen molar-refractivity contribution in [3.8, 4) is 5.75 Å². The van der Waals surface area contributed by atoms with Crippen LogP contribution in [0.15, 0.2) is 36.4 Å². The number of carbonyl (C=O) groups excluding carboxylic acids is 1. The lowest BCUT2D eigenvalue weighted by Crippen LogP contribution is -2.36. The third kappa shape index (κ3) is 4.71. The maximum Gasteiger partial charge on any atom is 0.255 e. The van der Waals surface area contributed by atoms with Gasteiger partial charge in [-0.3, -0.25) is 4.79 Å². The van der Waals surface area contributed by atoms with Crippen LogP contribution in [0.4, 0.5) is 17.1 Å². The molecule has 0 radical (unpaired) electrons. The molecule has 1 fully saturated rings. The highest BCUT2D eigenvalue weighted by Gasteiger charge is 2.17. The van der Waals surface area contributed by atoms with E-state index in [1.54, 1.807) is 12.1 Å². The summed E-state index contributed by atoms with van der Waals surface area (Å²) in [6, 6.07) is 11.0. The zero-order valence-electron chi connectivity index (χ0n) is 16.1. The van der Waals surface area contributed by atoms with Gasteiger partial charge in [0.2, 0.25) is 0 Å². The summed E-state index contributed by atoms with van der Waals surface area (Å²) in [5.74, 6) is 0.505. The topological polar surface area (TPSA) is 76.8 Å². The average molecular weight is 369 g/mol. The van der Waals surface area contributed by atoms with Crippen LogP contribution in [0.25, 0.3) is 0 Å². The van der Waals surface area contributed by atoms with Gasteiger partial charge in [0, 0.05) is 24.3 Å². The number of benzene rings is 2. The molecule has 0 atom stereocenters. The molecular weight excluding hydrogens is 342 g/mol. The Labute approximate surface area is 160 Å². The van der Waals surface area contributed by atoms with Gasteiger partial charge in [0.1, 0.15) is 5.75 Å². The number of ether oxygens (including phenoxy) is 2. The number of hydrogen-bond donors (Lipinski definition) is 2. The largest absolute Gasteiger partial charge is 0.491 e. The van der Waals surface area contributed by atoms with Crippen LogP contribution in [-0.4, -0.2) is 38.3 Å². The lowest BCUT2D eigenvalue weighted by atomic mass is 10.1. The number of carbonyl (C=O) groups is 1. The van der Waals surface area contributed by atoms with Crippen LogP contribution >= 0.6 is 0 Å². The van der Waals surface area contributed by atoms with Gasteiger partial charge in [-0.05, 0) is 56.7 Å². The van der Waals surface area contributed by atoms with Gasteiger partial charge in [0.25, 0.3) is 5.91 Å². The van der Waals surface area contributed by atoms with Crippen molar-refractivity contribution in [2.75, 3.05) is 42.3 Å². The SMILES string of the molecule is Cc1cc(N)c(N2CCOCC2)cc1NC(=O)c1cccc(OC(C)C)c1. The van der Waals surface area contributed by atoms with Crippen molar-refractivity contribution in [3.05, 3.63) is 47.5 Å². The number of anilines is 3. The van der Waals surface area contributed by atoms with Crippen molar-refractivity contribution in [1.29, 1.82) is 0 Å². The molecule has 1 heterocycles. The quantitative estimate of drug-likeness (QED) is 0.790. The predicted molar refractivity (Wildman–Crippen MR) is 109 cm³/mol. The second-order valence-electron chi connectivity index (χ2n) is 6.97. The molecule has 0 unspecified atom stereocenters. The first-order valence-corrected chi connectivity index (χ1v) is 9.25. The molecule has 0 bridgehead atoms. The predicted octanol–water partition coefficient (Wildman–Crippen LogP) is 3.45. The normalized spacial score (nSPS) is 14.3. The van der Waals surface area contributed by atoms with E-state index in [1.807, 2.05) is 45.0 Å². The molecule has 0 spiro atoms. The van der Waals surface area contributed by atoms with Crippen LogP contribution in [0, 0.1) is 6.92 Å². The Morgan fingerprint density at radius 3 is 2.67 bits per heavy atom. The molecule has 1 amide bonds. The fraction of sp³-hybridized carbons (Fsp3) is 0.381. The molecule has 6 heteroatoms. The summed E-state index contributed by atoms with van der Waals surface area (Å²) < 4.78 is 11.1. The molecule has 1 aliphatic rings.